The van der Waals surface area contributed by atoms with Crippen LogP contribution >= 0.6 is 11.6 Å². The average Bonchev–Trinajstić information content (AvgIpc) is 3.01. The van der Waals surface area contributed by atoms with Crippen molar-refractivity contribution in [2.24, 2.45) is 0 Å². The predicted molar refractivity (Wildman–Crippen MR) is 118 cm³/mol. The van der Waals surface area contributed by atoms with Gasteiger partial charge in [-0.2, -0.15) is 0 Å². The molecule has 156 valence electrons. The number of nitrogens with zero attached hydrogens (tertiary/aromatic N) is 2. The van der Waals surface area contributed by atoms with Crippen LogP contribution in [0.3, 0.4) is 0 Å². The van der Waals surface area contributed by atoms with Gasteiger partial charge in [-0.15, -0.1) is 0 Å². The molecule has 1 aliphatic carbocycles. The van der Waals surface area contributed by atoms with Crippen LogP contribution in [0.15, 0.2) is 35.1 Å². The van der Waals surface area contributed by atoms with Gasteiger partial charge in [0, 0.05) is 34.1 Å². The molecule has 0 unspecified atom stereocenters. The molecule has 0 radical (unpaired) electrons. The van der Waals surface area contributed by atoms with E-state index in [4.69, 9.17) is 21.1 Å². The van der Waals surface area contributed by atoms with Crippen LogP contribution in [-0.4, -0.2) is 50.1 Å². The zero-order valence-electron chi connectivity index (χ0n) is 17.4. The van der Waals surface area contributed by atoms with Crippen molar-refractivity contribution in [2.75, 3.05) is 34.9 Å². The quantitative estimate of drug-likeness (QED) is 0.469. The van der Waals surface area contributed by atoms with E-state index in [1.165, 1.54) is 0 Å². The van der Waals surface area contributed by atoms with E-state index >= 15 is 0 Å². The van der Waals surface area contributed by atoms with Gasteiger partial charge in [0.15, 0.2) is 17.3 Å². The minimum absolute atomic E-state index is 0.183. The second kappa shape index (κ2) is 7.78. The fourth-order valence-corrected chi connectivity index (χ4v) is 4.26. The zero-order chi connectivity index (χ0) is 21.6. The summed E-state index contributed by atoms with van der Waals surface area (Å²) in [6, 6.07) is 8.63. The summed E-state index contributed by atoms with van der Waals surface area (Å²) in [5, 5.41) is 1.13. The van der Waals surface area contributed by atoms with Crippen molar-refractivity contribution in [3.05, 3.63) is 56.8 Å². The third-order valence-electron chi connectivity index (χ3n) is 5.48. The zero-order valence-corrected chi connectivity index (χ0v) is 18.2. The standard InChI is InChI=1S/C23H23ClN2O4/c1-25(2)8-5-9-26-17-12-19(30-4)18(29-3)11-16(17)20-21(23(26)28)14-7-6-13(24)10-15(14)22(20)27/h6-7,10-12H,5,8-9H2,1-4H3. The van der Waals surface area contributed by atoms with E-state index in [1.807, 2.05) is 14.1 Å². The summed E-state index contributed by atoms with van der Waals surface area (Å²) in [4.78, 5) is 29.0. The minimum atomic E-state index is -0.197. The molecule has 0 saturated carbocycles. The lowest BCUT2D eigenvalue weighted by Crippen LogP contribution is -2.25. The van der Waals surface area contributed by atoms with Crippen molar-refractivity contribution in [2.45, 2.75) is 13.0 Å². The van der Waals surface area contributed by atoms with Gasteiger partial charge in [0.25, 0.3) is 5.56 Å². The fraction of sp³-hybridized carbons (Fsp3) is 0.304. The van der Waals surface area contributed by atoms with E-state index in [0.29, 0.717) is 56.2 Å². The van der Waals surface area contributed by atoms with E-state index in [1.54, 1.807) is 49.1 Å². The van der Waals surface area contributed by atoms with Crippen molar-refractivity contribution >= 4 is 28.3 Å². The normalized spacial score (nSPS) is 12.4. The third kappa shape index (κ3) is 3.16. The van der Waals surface area contributed by atoms with Crippen molar-refractivity contribution < 1.29 is 14.3 Å². The number of halogens is 1. The van der Waals surface area contributed by atoms with Crippen LogP contribution in [0, 0.1) is 0 Å². The van der Waals surface area contributed by atoms with Crippen LogP contribution in [-0.2, 0) is 6.54 Å². The Kier molecular flexibility index (Phi) is 5.30. The topological polar surface area (TPSA) is 60.8 Å². The number of fused-ring (bicyclic) bond motifs is 5. The van der Waals surface area contributed by atoms with Crippen LogP contribution in [0.4, 0.5) is 0 Å². The molecule has 1 aliphatic rings. The summed E-state index contributed by atoms with van der Waals surface area (Å²) in [5.74, 6) is 0.821. The average molecular weight is 427 g/mol. The van der Waals surface area contributed by atoms with E-state index in [0.717, 1.165) is 13.0 Å². The number of carbonyl (C=O) groups excluding carboxylic acids is 1. The number of ketones is 1. The largest absolute Gasteiger partial charge is 0.493 e. The molecule has 0 bridgehead atoms. The molecule has 0 amide bonds. The summed E-state index contributed by atoms with van der Waals surface area (Å²) < 4.78 is 12.7. The highest BCUT2D eigenvalue weighted by molar-refractivity contribution is 6.33. The molecule has 3 aromatic rings. The number of hydrogen-bond acceptors (Lipinski definition) is 5. The highest BCUT2D eigenvalue weighted by Crippen LogP contribution is 2.42. The molecule has 2 aromatic carbocycles. The molecule has 0 aliphatic heterocycles. The van der Waals surface area contributed by atoms with Gasteiger partial charge in [-0.05, 0) is 50.8 Å². The molecule has 0 N–H and O–H groups in total. The lowest BCUT2D eigenvalue weighted by atomic mass is 10.0. The van der Waals surface area contributed by atoms with Crippen LogP contribution in [0.25, 0.3) is 22.0 Å². The maximum atomic E-state index is 13.6. The van der Waals surface area contributed by atoms with Crippen molar-refractivity contribution in [1.29, 1.82) is 0 Å². The highest BCUT2D eigenvalue weighted by atomic mass is 35.5. The number of methoxy groups -OCH3 is 2. The number of hydrogen-bond donors (Lipinski definition) is 0. The molecule has 6 nitrogen and oxygen atoms in total. The monoisotopic (exact) mass is 426 g/mol. The van der Waals surface area contributed by atoms with Gasteiger partial charge in [0.2, 0.25) is 0 Å². The molecule has 0 spiro atoms. The first-order valence-corrected chi connectivity index (χ1v) is 10.1. The van der Waals surface area contributed by atoms with Gasteiger partial charge in [-0.3, -0.25) is 9.59 Å². The molecular formula is C23H23ClN2O4. The van der Waals surface area contributed by atoms with Gasteiger partial charge in [-0.25, -0.2) is 0 Å². The lowest BCUT2D eigenvalue weighted by molar-refractivity contribution is 0.104. The van der Waals surface area contributed by atoms with Gasteiger partial charge in [0.1, 0.15) is 0 Å². The number of pyridine rings is 1. The number of aryl methyl sites for hydroxylation is 1. The van der Waals surface area contributed by atoms with Crippen LogP contribution in [0.2, 0.25) is 5.02 Å². The van der Waals surface area contributed by atoms with E-state index in [-0.39, 0.29) is 11.3 Å². The molecule has 30 heavy (non-hydrogen) atoms. The molecule has 0 saturated heterocycles. The SMILES string of the molecule is COc1cc2c3c(c(=O)n(CCCN(C)C)c2cc1OC)-c1ccc(Cl)cc1C3=O. The number of ether oxygens (including phenoxy) is 2. The molecule has 7 heteroatoms. The second-order valence-corrected chi connectivity index (χ2v) is 8.04. The third-order valence-corrected chi connectivity index (χ3v) is 5.72. The highest BCUT2D eigenvalue weighted by Gasteiger charge is 2.33. The van der Waals surface area contributed by atoms with E-state index in [2.05, 4.69) is 4.90 Å². The number of aromatic nitrogens is 1. The molecule has 1 heterocycles. The predicted octanol–water partition coefficient (Wildman–Crippen LogP) is 3.84. The summed E-state index contributed by atoms with van der Waals surface area (Å²) in [6.45, 7) is 1.36. The Hall–Kier alpha value is -2.83. The first kappa shape index (κ1) is 20.4. The van der Waals surface area contributed by atoms with Crippen LogP contribution in [0.5, 0.6) is 11.5 Å². The Bertz CT molecular complexity index is 1230. The fourth-order valence-electron chi connectivity index (χ4n) is 4.09. The smallest absolute Gasteiger partial charge is 0.259 e. The minimum Gasteiger partial charge on any atom is -0.493 e. The summed E-state index contributed by atoms with van der Waals surface area (Å²) in [7, 11) is 7.09. The van der Waals surface area contributed by atoms with Gasteiger partial charge in [-0.1, -0.05) is 17.7 Å². The Morgan fingerprint density at radius 2 is 1.67 bits per heavy atom. The molecule has 0 fully saturated rings. The summed E-state index contributed by atoms with van der Waals surface area (Å²) in [6.07, 6.45) is 0.788. The Balaban J connectivity index is 2.05. The first-order chi connectivity index (χ1) is 14.4. The first-order valence-electron chi connectivity index (χ1n) is 9.69. The summed E-state index contributed by atoms with van der Waals surface area (Å²) >= 11 is 6.13. The van der Waals surface area contributed by atoms with Crippen molar-refractivity contribution in [3.8, 4) is 22.6 Å². The Labute approximate surface area is 179 Å². The van der Waals surface area contributed by atoms with Gasteiger partial charge in [0.05, 0.1) is 25.3 Å². The Morgan fingerprint density at radius 3 is 2.33 bits per heavy atom. The van der Waals surface area contributed by atoms with Crippen molar-refractivity contribution in [3.63, 3.8) is 0 Å². The second-order valence-electron chi connectivity index (χ2n) is 7.61. The number of carbonyl (C=O) groups is 1. The maximum absolute atomic E-state index is 13.6. The van der Waals surface area contributed by atoms with Crippen molar-refractivity contribution in [1.82, 2.24) is 9.47 Å². The van der Waals surface area contributed by atoms with Gasteiger partial charge < -0.3 is 18.9 Å². The molecule has 0 atom stereocenters. The molecule has 4 rings (SSSR count). The number of rotatable bonds is 6. The number of benzene rings is 2. The van der Waals surface area contributed by atoms with E-state index in [9.17, 15) is 9.59 Å². The Morgan fingerprint density at radius 1 is 0.967 bits per heavy atom. The van der Waals surface area contributed by atoms with Crippen LogP contribution < -0.4 is 15.0 Å². The van der Waals surface area contributed by atoms with Gasteiger partial charge >= 0.3 is 0 Å². The lowest BCUT2D eigenvalue weighted by Gasteiger charge is -2.17. The summed E-state index contributed by atoms with van der Waals surface area (Å²) in [5.41, 5.74) is 2.38. The van der Waals surface area contributed by atoms with E-state index < -0.39 is 0 Å². The molecule has 1 aromatic heterocycles. The van der Waals surface area contributed by atoms with Crippen LogP contribution in [0.1, 0.15) is 22.3 Å². The maximum Gasteiger partial charge on any atom is 0.259 e. The molecular weight excluding hydrogens is 404 g/mol.